The molecule has 0 saturated carbocycles. The van der Waals surface area contributed by atoms with Gasteiger partial charge in [0.05, 0.1) is 7.11 Å². The van der Waals surface area contributed by atoms with E-state index in [1.54, 1.807) is 10.8 Å². The second kappa shape index (κ2) is 6.82. The van der Waals surface area contributed by atoms with Gasteiger partial charge in [0.2, 0.25) is 5.78 Å². The van der Waals surface area contributed by atoms with Gasteiger partial charge in [-0.05, 0) is 24.7 Å². The van der Waals surface area contributed by atoms with Crippen LogP contribution in [0.3, 0.4) is 0 Å². The van der Waals surface area contributed by atoms with Crippen LogP contribution in [-0.2, 0) is 11.3 Å². The third-order valence-electron chi connectivity index (χ3n) is 3.24. The highest BCUT2D eigenvalue weighted by atomic mass is 35.6. The van der Waals surface area contributed by atoms with Crippen LogP contribution in [0.1, 0.15) is 33.7 Å². The number of ketones is 1. The molecule has 0 amide bonds. The van der Waals surface area contributed by atoms with E-state index in [0.29, 0.717) is 17.5 Å². The van der Waals surface area contributed by atoms with Crippen LogP contribution in [0.15, 0.2) is 12.3 Å². The number of aromatic nitrogens is 1. The van der Waals surface area contributed by atoms with Crippen molar-refractivity contribution in [3.05, 3.63) is 23.5 Å². The van der Waals surface area contributed by atoms with Crippen molar-refractivity contribution in [3.8, 4) is 0 Å². The molecule has 1 saturated heterocycles. The largest absolute Gasteiger partial charge is 0.464 e. The zero-order chi connectivity index (χ0) is 15.6. The van der Waals surface area contributed by atoms with Crippen LogP contribution in [-0.4, -0.2) is 38.2 Å². The predicted octanol–water partition coefficient (Wildman–Crippen LogP) is 3.72. The first-order chi connectivity index (χ1) is 9.82. The smallest absolute Gasteiger partial charge is 0.354 e. The first-order valence-electron chi connectivity index (χ1n) is 6.34. The summed E-state index contributed by atoms with van der Waals surface area (Å²) in [6.07, 6.45) is 3.79. The molecule has 1 unspecified atom stereocenters. The molecule has 1 aromatic heterocycles. The fourth-order valence-corrected chi connectivity index (χ4v) is 3.83. The van der Waals surface area contributed by atoms with E-state index in [9.17, 15) is 9.59 Å². The van der Waals surface area contributed by atoms with Crippen LogP contribution >= 0.6 is 46.6 Å². The van der Waals surface area contributed by atoms with E-state index in [0.717, 1.165) is 18.6 Å². The molecule has 0 N–H and O–H groups in total. The van der Waals surface area contributed by atoms with Gasteiger partial charge in [-0.3, -0.25) is 4.79 Å². The summed E-state index contributed by atoms with van der Waals surface area (Å²) in [5, 5.41) is 0.413. The zero-order valence-electron chi connectivity index (χ0n) is 11.3. The molecule has 8 heteroatoms. The van der Waals surface area contributed by atoms with E-state index in [4.69, 9.17) is 39.5 Å². The fourth-order valence-electron chi connectivity index (χ4n) is 2.23. The van der Waals surface area contributed by atoms with Gasteiger partial charge in [0, 0.05) is 23.6 Å². The Balaban J connectivity index is 2.30. The van der Waals surface area contributed by atoms with Crippen molar-refractivity contribution in [1.29, 1.82) is 0 Å². The number of ether oxygens (including phenoxy) is 1. The van der Waals surface area contributed by atoms with Crippen molar-refractivity contribution in [2.45, 2.75) is 28.4 Å². The molecule has 1 aliphatic heterocycles. The summed E-state index contributed by atoms with van der Waals surface area (Å²) in [6.45, 7) is 0.627. The minimum absolute atomic E-state index is 0.193. The standard InChI is InChI=1S/C13H14Cl3NO3S/c1-20-12(19)10-5-8(11(18)13(14,15)16)6-17(10)7-9-3-2-4-21-9/h5-6,9H,2-4,7H2,1H3. The highest BCUT2D eigenvalue weighted by Crippen LogP contribution is 2.32. The highest BCUT2D eigenvalue weighted by molar-refractivity contribution is 8.00. The van der Waals surface area contributed by atoms with Crippen molar-refractivity contribution in [2.75, 3.05) is 12.9 Å². The molecule has 0 radical (unpaired) electrons. The van der Waals surface area contributed by atoms with Gasteiger partial charge in [-0.25, -0.2) is 4.79 Å². The first-order valence-corrected chi connectivity index (χ1v) is 8.53. The molecular formula is C13H14Cl3NO3S. The number of carbonyl (C=O) groups is 2. The van der Waals surface area contributed by atoms with Crippen molar-refractivity contribution < 1.29 is 14.3 Å². The molecule has 1 fully saturated rings. The molecule has 1 aliphatic rings. The quantitative estimate of drug-likeness (QED) is 0.460. The maximum absolute atomic E-state index is 12.0. The Bertz CT molecular complexity index is 547. The molecule has 0 bridgehead atoms. The van der Waals surface area contributed by atoms with Crippen LogP contribution in [0, 0.1) is 0 Å². The van der Waals surface area contributed by atoms with Gasteiger partial charge in [-0.15, -0.1) is 0 Å². The van der Waals surface area contributed by atoms with Crippen LogP contribution < -0.4 is 0 Å². The summed E-state index contributed by atoms with van der Waals surface area (Å²) in [7, 11) is 1.29. The Kier molecular flexibility index (Phi) is 5.52. The summed E-state index contributed by atoms with van der Waals surface area (Å²) in [5.74, 6) is -0.0590. The Hall–Kier alpha value is -0.360. The average Bonchev–Trinajstić information content (AvgIpc) is 3.06. The topological polar surface area (TPSA) is 48.3 Å². The van der Waals surface area contributed by atoms with Gasteiger partial charge in [-0.1, -0.05) is 34.8 Å². The number of carbonyl (C=O) groups excluding carboxylic acids is 2. The Morgan fingerprint density at radius 3 is 2.71 bits per heavy atom. The lowest BCUT2D eigenvalue weighted by molar-refractivity contribution is 0.0588. The number of hydrogen-bond donors (Lipinski definition) is 0. The number of Topliss-reactive ketones (excluding diaryl/α,β-unsaturated/α-hetero) is 1. The molecule has 116 valence electrons. The number of alkyl halides is 3. The van der Waals surface area contributed by atoms with Crippen LogP contribution in [0.25, 0.3) is 0 Å². The van der Waals surface area contributed by atoms with E-state index in [1.807, 2.05) is 11.8 Å². The lowest BCUT2D eigenvalue weighted by atomic mass is 10.2. The molecule has 21 heavy (non-hydrogen) atoms. The number of rotatable bonds is 4. The Morgan fingerprint density at radius 1 is 1.48 bits per heavy atom. The molecule has 0 aromatic carbocycles. The number of halogens is 3. The van der Waals surface area contributed by atoms with Crippen molar-refractivity contribution in [2.24, 2.45) is 0 Å². The van der Waals surface area contributed by atoms with E-state index < -0.39 is 15.5 Å². The molecule has 1 aromatic rings. The van der Waals surface area contributed by atoms with E-state index in [2.05, 4.69) is 0 Å². The van der Waals surface area contributed by atoms with Crippen LogP contribution in [0.2, 0.25) is 0 Å². The Labute approximate surface area is 142 Å². The third-order valence-corrected chi connectivity index (χ3v) is 5.13. The second-order valence-electron chi connectivity index (χ2n) is 4.72. The maximum atomic E-state index is 12.0. The maximum Gasteiger partial charge on any atom is 0.354 e. The number of methoxy groups -OCH3 is 1. The number of esters is 1. The summed E-state index contributed by atoms with van der Waals surface area (Å²) < 4.78 is 4.41. The third kappa shape index (κ3) is 4.09. The van der Waals surface area contributed by atoms with Crippen LogP contribution in [0.4, 0.5) is 0 Å². The van der Waals surface area contributed by atoms with E-state index >= 15 is 0 Å². The lowest BCUT2D eigenvalue weighted by Crippen LogP contribution is -2.18. The minimum Gasteiger partial charge on any atom is -0.464 e. The van der Waals surface area contributed by atoms with Gasteiger partial charge < -0.3 is 9.30 Å². The number of hydrogen-bond acceptors (Lipinski definition) is 4. The molecule has 4 nitrogen and oxygen atoms in total. The fraction of sp³-hybridized carbons (Fsp3) is 0.538. The van der Waals surface area contributed by atoms with E-state index in [1.165, 1.54) is 13.2 Å². The molecule has 1 atom stereocenters. The minimum atomic E-state index is -2.04. The zero-order valence-corrected chi connectivity index (χ0v) is 14.4. The summed E-state index contributed by atoms with van der Waals surface area (Å²) >= 11 is 18.7. The monoisotopic (exact) mass is 369 g/mol. The highest BCUT2D eigenvalue weighted by Gasteiger charge is 2.33. The number of nitrogens with zero attached hydrogens (tertiary/aromatic N) is 1. The van der Waals surface area contributed by atoms with Gasteiger partial charge in [0.15, 0.2) is 0 Å². The van der Waals surface area contributed by atoms with Crippen LogP contribution in [0.5, 0.6) is 0 Å². The molecule has 0 aliphatic carbocycles. The van der Waals surface area contributed by atoms with Crippen molar-refractivity contribution >= 4 is 58.3 Å². The van der Waals surface area contributed by atoms with E-state index in [-0.39, 0.29) is 5.56 Å². The first kappa shape index (κ1) is 17.0. The molecular weight excluding hydrogens is 357 g/mol. The average molecular weight is 371 g/mol. The lowest BCUT2D eigenvalue weighted by Gasteiger charge is -2.12. The van der Waals surface area contributed by atoms with Gasteiger partial charge in [0.25, 0.3) is 3.79 Å². The summed E-state index contributed by atoms with van der Waals surface area (Å²) in [6, 6.07) is 1.41. The van der Waals surface area contributed by atoms with Crippen molar-refractivity contribution in [1.82, 2.24) is 4.57 Å². The normalized spacial score (nSPS) is 18.8. The number of thioether (sulfide) groups is 1. The Morgan fingerprint density at radius 2 is 2.19 bits per heavy atom. The molecule has 2 heterocycles. The van der Waals surface area contributed by atoms with Gasteiger partial charge >= 0.3 is 5.97 Å². The predicted molar refractivity (Wildman–Crippen MR) is 85.9 cm³/mol. The SMILES string of the molecule is COC(=O)c1cc(C(=O)C(Cl)(Cl)Cl)cn1CC1CCCS1. The summed E-state index contributed by atoms with van der Waals surface area (Å²) in [5.41, 5.74) is 0.487. The van der Waals surface area contributed by atoms with Gasteiger partial charge in [0.1, 0.15) is 5.69 Å². The van der Waals surface area contributed by atoms with Crippen molar-refractivity contribution in [3.63, 3.8) is 0 Å². The molecule has 0 spiro atoms. The molecule has 2 rings (SSSR count). The summed E-state index contributed by atoms with van der Waals surface area (Å²) in [4.78, 5) is 23.8. The van der Waals surface area contributed by atoms with Gasteiger partial charge in [-0.2, -0.15) is 11.8 Å². The second-order valence-corrected chi connectivity index (χ2v) is 8.41.